The molecule has 0 aromatic heterocycles. The number of nitrogens with one attached hydrogen (secondary N) is 4. The summed E-state index contributed by atoms with van der Waals surface area (Å²) in [5, 5.41) is 6.15. The lowest BCUT2D eigenvalue weighted by Gasteiger charge is -2.37. The Labute approximate surface area is 161 Å². The third-order valence-corrected chi connectivity index (χ3v) is 5.74. The molecular formula is C21H32N4O2. The number of carbonyl (C=O) groups is 2. The molecule has 2 aliphatic rings. The molecule has 3 rings (SSSR count). The molecule has 1 saturated heterocycles. The van der Waals surface area contributed by atoms with Gasteiger partial charge >= 0.3 is 0 Å². The van der Waals surface area contributed by atoms with Crippen LogP contribution in [-0.4, -0.2) is 29.9 Å². The zero-order chi connectivity index (χ0) is 19.1. The average Bonchev–Trinajstić information content (AvgIpc) is 3.20. The fourth-order valence-electron chi connectivity index (χ4n) is 4.07. The van der Waals surface area contributed by atoms with Gasteiger partial charge in [-0.2, -0.15) is 0 Å². The standard InChI is InChI=1S/C21H32N4O2/c1-2-3-14-22-20(27)21(12-8-5-9-13-21)23-19(26)18-15-17(24-25-18)16-10-6-4-7-11-16/h4,6-7,10-11,17-18,24-25H,2-3,5,8-9,12-15H2,1H3,(H,22,27)(H,23,26). The largest absolute Gasteiger partial charge is 0.354 e. The molecule has 2 atom stereocenters. The summed E-state index contributed by atoms with van der Waals surface area (Å²) in [5.41, 5.74) is 6.73. The molecule has 6 nitrogen and oxygen atoms in total. The minimum atomic E-state index is -0.754. The van der Waals surface area contributed by atoms with Gasteiger partial charge in [0, 0.05) is 12.6 Å². The molecule has 1 saturated carbocycles. The Kier molecular flexibility index (Phi) is 6.85. The van der Waals surface area contributed by atoms with Crippen LogP contribution in [0.25, 0.3) is 0 Å². The summed E-state index contributed by atoms with van der Waals surface area (Å²) in [6, 6.07) is 9.87. The van der Waals surface area contributed by atoms with Crippen molar-refractivity contribution in [3.05, 3.63) is 35.9 Å². The van der Waals surface area contributed by atoms with E-state index in [1.54, 1.807) is 0 Å². The van der Waals surface area contributed by atoms with Crippen LogP contribution in [0.4, 0.5) is 0 Å². The SMILES string of the molecule is CCCCNC(=O)C1(NC(=O)C2CC(c3ccccc3)NN2)CCCCC1. The summed E-state index contributed by atoms with van der Waals surface area (Å²) >= 11 is 0. The minimum Gasteiger partial charge on any atom is -0.354 e. The van der Waals surface area contributed by atoms with E-state index in [1.165, 1.54) is 0 Å². The Bertz CT molecular complexity index is 628. The second-order valence-corrected chi connectivity index (χ2v) is 7.78. The molecule has 2 unspecified atom stereocenters. The average molecular weight is 373 g/mol. The fourth-order valence-corrected chi connectivity index (χ4v) is 4.07. The zero-order valence-corrected chi connectivity index (χ0v) is 16.2. The molecule has 2 amide bonds. The van der Waals surface area contributed by atoms with Crippen molar-refractivity contribution in [3.8, 4) is 0 Å². The number of amides is 2. The molecule has 1 aromatic carbocycles. The van der Waals surface area contributed by atoms with Crippen LogP contribution in [0.1, 0.15) is 69.9 Å². The highest BCUT2D eigenvalue weighted by molar-refractivity contribution is 5.93. The molecule has 6 heteroatoms. The van der Waals surface area contributed by atoms with Crippen molar-refractivity contribution in [3.63, 3.8) is 0 Å². The predicted molar refractivity (Wildman–Crippen MR) is 106 cm³/mol. The Morgan fingerprint density at radius 2 is 1.85 bits per heavy atom. The summed E-state index contributed by atoms with van der Waals surface area (Å²) in [4.78, 5) is 25.8. The smallest absolute Gasteiger partial charge is 0.245 e. The van der Waals surface area contributed by atoms with Gasteiger partial charge in [-0.05, 0) is 31.2 Å². The third kappa shape index (κ3) is 4.87. The highest BCUT2D eigenvalue weighted by atomic mass is 16.2. The number of rotatable bonds is 7. The molecule has 2 fully saturated rings. The van der Waals surface area contributed by atoms with Gasteiger partial charge < -0.3 is 10.6 Å². The molecule has 4 N–H and O–H groups in total. The Morgan fingerprint density at radius 1 is 1.11 bits per heavy atom. The maximum Gasteiger partial charge on any atom is 0.245 e. The molecule has 1 aliphatic heterocycles. The van der Waals surface area contributed by atoms with Gasteiger partial charge in [0.15, 0.2) is 0 Å². The first-order chi connectivity index (χ1) is 13.1. The maximum atomic E-state index is 12.9. The van der Waals surface area contributed by atoms with Crippen molar-refractivity contribution in [1.82, 2.24) is 21.5 Å². The number of hydrogen-bond donors (Lipinski definition) is 4. The third-order valence-electron chi connectivity index (χ3n) is 5.74. The van der Waals surface area contributed by atoms with E-state index in [0.29, 0.717) is 13.0 Å². The van der Waals surface area contributed by atoms with Crippen LogP contribution in [0.15, 0.2) is 30.3 Å². The lowest BCUT2D eigenvalue weighted by atomic mass is 9.80. The minimum absolute atomic E-state index is 0.0189. The second-order valence-electron chi connectivity index (χ2n) is 7.78. The highest BCUT2D eigenvalue weighted by Gasteiger charge is 2.42. The van der Waals surface area contributed by atoms with E-state index in [2.05, 4.69) is 40.5 Å². The van der Waals surface area contributed by atoms with Crippen molar-refractivity contribution in [2.45, 2.75) is 75.9 Å². The maximum absolute atomic E-state index is 12.9. The summed E-state index contributed by atoms with van der Waals surface area (Å²) < 4.78 is 0. The van der Waals surface area contributed by atoms with Crippen molar-refractivity contribution in [2.24, 2.45) is 0 Å². The summed E-state index contributed by atoms with van der Waals surface area (Å²) in [6.45, 7) is 2.78. The predicted octanol–water partition coefficient (Wildman–Crippen LogP) is 2.33. The first-order valence-corrected chi connectivity index (χ1v) is 10.3. The van der Waals surface area contributed by atoms with Gasteiger partial charge in [-0.3, -0.25) is 9.59 Å². The molecule has 1 aromatic rings. The molecule has 0 bridgehead atoms. The van der Waals surface area contributed by atoms with Gasteiger partial charge in [-0.1, -0.05) is 62.9 Å². The van der Waals surface area contributed by atoms with E-state index in [-0.39, 0.29) is 23.9 Å². The molecule has 148 valence electrons. The summed E-state index contributed by atoms with van der Waals surface area (Å²) in [6.07, 6.45) is 7.19. The van der Waals surface area contributed by atoms with Crippen LogP contribution in [0.3, 0.4) is 0 Å². The fraction of sp³-hybridized carbons (Fsp3) is 0.619. The monoisotopic (exact) mass is 372 g/mol. The number of unbranched alkanes of at least 4 members (excludes halogenated alkanes) is 1. The Balaban J connectivity index is 1.62. The highest BCUT2D eigenvalue weighted by Crippen LogP contribution is 2.29. The van der Waals surface area contributed by atoms with Crippen LogP contribution in [0.2, 0.25) is 0 Å². The molecule has 1 aliphatic carbocycles. The van der Waals surface area contributed by atoms with E-state index < -0.39 is 5.54 Å². The van der Waals surface area contributed by atoms with E-state index in [9.17, 15) is 9.59 Å². The van der Waals surface area contributed by atoms with Gasteiger partial charge in [-0.15, -0.1) is 0 Å². The molecular weight excluding hydrogens is 340 g/mol. The Morgan fingerprint density at radius 3 is 2.56 bits per heavy atom. The molecule has 0 radical (unpaired) electrons. The van der Waals surface area contributed by atoms with Crippen LogP contribution < -0.4 is 21.5 Å². The van der Waals surface area contributed by atoms with Crippen molar-refractivity contribution < 1.29 is 9.59 Å². The first-order valence-electron chi connectivity index (χ1n) is 10.3. The van der Waals surface area contributed by atoms with E-state index >= 15 is 0 Å². The van der Waals surface area contributed by atoms with Gasteiger partial charge in [-0.25, -0.2) is 10.9 Å². The van der Waals surface area contributed by atoms with Crippen molar-refractivity contribution in [1.29, 1.82) is 0 Å². The quantitative estimate of drug-likeness (QED) is 0.554. The summed E-state index contributed by atoms with van der Waals surface area (Å²) in [7, 11) is 0. The second kappa shape index (κ2) is 9.33. The van der Waals surface area contributed by atoms with Crippen LogP contribution in [0, 0.1) is 0 Å². The van der Waals surface area contributed by atoms with Crippen molar-refractivity contribution in [2.75, 3.05) is 6.54 Å². The van der Waals surface area contributed by atoms with Gasteiger partial charge in [0.1, 0.15) is 11.6 Å². The summed E-state index contributed by atoms with van der Waals surface area (Å²) in [5.74, 6) is -0.108. The Hall–Kier alpha value is -1.92. The number of carbonyl (C=O) groups excluding carboxylic acids is 2. The zero-order valence-electron chi connectivity index (χ0n) is 16.2. The van der Waals surface area contributed by atoms with E-state index in [0.717, 1.165) is 50.5 Å². The normalized spacial score (nSPS) is 24.3. The van der Waals surface area contributed by atoms with Crippen LogP contribution in [0.5, 0.6) is 0 Å². The topological polar surface area (TPSA) is 82.3 Å². The number of hydrogen-bond acceptors (Lipinski definition) is 4. The van der Waals surface area contributed by atoms with Crippen LogP contribution >= 0.6 is 0 Å². The van der Waals surface area contributed by atoms with Crippen LogP contribution in [-0.2, 0) is 9.59 Å². The molecule has 1 heterocycles. The van der Waals surface area contributed by atoms with Gasteiger partial charge in [0.05, 0.1) is 0 Å². The molecule has 27 heavy (non-hydrogen) atoms. The molecule has 0 spiro atoms. The van der Waals surface area contributed by atoms with Gasteiger partial charge in [0.2, 0.25) is 11.8 Å². The lowest BCUT2D eigenvalue weighted by molar-refractivity contribution is -0.135. The van der Waals surface area contributed by atoms with E-state index in [1.807, 2.05) is 18.2 Å². The van der Waals surface area contributed by atoms with Gasteiger partial charge in [0.25, 0.3) is 0 Å². The van der Waals surface area contributed by atoms with E-state index in [4.69, 9.17) is 0 Å². The number of hydrazine groups is 1. The lowest BCUT2D eigenvalue weighted by Crippen LogP contribution is -2.62. The number of benzene rings is 1. The van der Waals surface area contributed by atoms with Crippen molar-refractivity contribution >= 4 is 11.8 Å². The first kappa shape index (κ1) is 19.8.